The van der Waals surface area contributed by atoms with E-state index in [1.165, 1.54) is 0 Å². The highest BCUT2D eigenvalue weighted by Crippen LogP contribution is 2.12. The van der Waals surface area contributed by atoms with Gasteiger partial charge < -0.3 is 19.1 Å². The fourth-order valence-electron chi connectivity index (χ4n) is 2.13. The van der Waals surface area contributed by atoms with Crippen LogP contribution in [0.4, 0.5) is 0 Å². The Morgan fingerprint density at radius 3 is 2.00 bits per heavy atom. The third-order valence-electron chi connectivity index (χ3n) is 3.27. The maximum absolute atomic E-state index is 5.73. The van der Waals surface area contributed by atoms with Crippen LogP contribution in [-0.4, -0.2) is 65.9 Å². The molecule has 0 radical (unpaired) electrons. The summed E-state index contributed by atoms with van der Waals surface area (Å²) in [5.41, 5.74) is -0.314. The van der Waals surface area contributed by atoms with Gasteiger partial charge in [-0.15, -0.1) is 0 Å². The fraction of sp³-hybridized carbons (Fsp3) is 1.00. The van der Waals surface area contributed by atoms with Crippen LogP contribution in [0.3, 0.4) is 0 Å². The Morgan fingerprint density at radius 2 is 1.53 bits per heavy atom. The van der Waals surface area contributed by atoms with Crippen molar-refractivity contribution in [2.45, 2.75) is 46.1 Å². The third kappa shape index (κ3) is 9.57. The van der Waals surface area contributed by atoms with Gasteiger partial charge in [0.05, 0.1) is 16.1 Å². The van der Waals surface area contributed by atoms with Gasteiger partial charge in [-0.1, -0.05) is 13.8 Å². The van der Waals surface area contributed by atoms with E-state index in [0.29, 0.717) is 13.2 Å². The molecular weight excluding hydrogens is 258 g/mol. The predicted molar refractivity (Wildman–Crippen MR) is 83.6 cm³/mol. The number of hydrogen-bond acceptors (Lipinski definition) is 4. The Labute approximate surface area is 121 Å². The van der Waals surface area contributed by atoms with E-state index in [9.17, 15) is 0 Å². The lowest BCUT2D eigenvalue weighted by atomic mass is 10.5. The Hall–Kier alpha value is 0.0569. The smallest absolute Gasteiger partial charge is 0.142 e. The molecule has 0 aliphatic rings. The van der Waals surface area contributed by atoms with Crippen molar-refractivity contribution in [2.75, 3.05) is 46.1 Å². The summed E-state index contributed by atoms with van der Waals surface area (Å²) in [5.74, 6) is 0. The second-order valence-corrected chi connectivity index (χ2v) is 7.23. The lowest BCUT2D eigenvalue weighted by Gasteiger charge is -2.29. The molecule has 0 aliphatic heterocycles. The van der Waals surface area contributed by atoms with Crippen LogP contribution in [0.25, 0.3) is 0 Å². The molecule has 0 aromatic carbocycles. The summed E-state index contributed by atoms with van der Waals surface area (Å²) in [5, 5.41) is 0. The zero-order chi connectivity index (χ0) is 14.6. The summed E-state index contributed by atoms with van der Waals surface area (Å²) in [6.45, 7) is 16.8. The molecule has 0 spiro atoms. The van der Waals surface area contributed by atoms with E-state index in [4.69, 9.17) is 14.2 Å². The molecule has 0 saturated carbocycles. The topological polar surface area (TPSA) is 30.9 Å². The number of rotatable bonds is 13. The van der Waals surface area contributed by atoms with Gasteiger partial charge >= 0.3 is 0 Å². The van der Waals surface area contributed by atoms with Gasteiger partial charge in [-0.25, -0.2) is 0 Å². The van der Waals surface area contributed by atoms with Crippen molar-refractivity contribution in [1.82, 2.24) is 4.90 Å². The Kier molecular flexibility index (Phi) is 11.9. The quantitative estimate of drug-likeness (QED) is 0.293. The zero-order valence-electron chi connectivity index (χ0n) is 13.5. The van der Waals surface area contributed by atoms with Gasteiger partial charge in [0.1, 0.15) is 5.41 Å². The molecule has 4 nitrogen and oxygen atoms in total. The Morgan fingerprint density at radius 1 is 0.947 bits per heavy atom. The lowest BCUT2D eigenvalue weighted by molar-refractivity contribution is -0.163. The summed E-state index contributed by atoms with van der Waals surface area (Å²) < 4.78 is 17.2. The van der Waals surface area contributed by atoms with E-state index in [1.54, 1.807) is 0 Å². The second-order valence-electron chi connectivity index (χ2n) is 4.74. The predicted octanol–water partition coefficient (Wildman–Crippen LogP) is 1.68. The molecule has 5 heteroatoms. The number of nitrogens with zero attached hydrogens (tertiary/aromatic N) is 1. The van der Waals surface area contributed by atoms with Gasteiger partial charge in [0.2, 0.25) is 0 Å². The van der Waals surface area contributed by atoms with Crippen LogP contribution in [0.5, 0.6) is 0 Å². The molecule has 0 aliphatic carbocycles. The normalized spacial score (nSPS) is 12.9. The zero-order valence-corrected chi connectivity index (χ0v) is 15.0. The van der Waals surface area contributed by atoms with E-state index >= 15 is 0 Å². The van der Waals surface area contributed by atoms with Crippen LogP contribution in [0.2, 0.25) is 6.04 Å². The monoisotopic (exact) mass is 291 g/mol. The molecule has 0 heterocycles. The van der Waals surface area contributed by atoms with Crippen LogP contribution < -0.4 is 0 Å². The first-order chi connectivity index (χ1) is 9.11. The largest absolute Gasteiger partial charge is 0.380 e. The molecule has 0 aromatic rings. The molecule has 116 valence electrons. The van der Waals surface area contributed by atoms with E-state index in [1.807, 2.05) is 13.8 Å². The van der Waals surface area contributed by atoms with Crippen molar-refractivity contribution in [3.8, 4) is 0 Å². The first-order valence-electron chi connectivity index (χ1n) is 7.69. The van der Waals surface area contributed by atoms with Gasteiger partial charge in [-0.3, -0.25) is 0 Å². The molecule has 0 saturated heterocycles. The molecule has 0 fully saturated rings. The van der Waals surface area contributed by atoms with Crippen LogP contribution >= 0.6 is 0 Å². The molecule has 0 aromatic heterocycles. The summed E-state index contributed by atoms with van der Waals surface area (Å²) in [6, 6.07) is 1.11. The van der Waals surface area contributed by atoms with Crippen LogP contribution in [0.1, 0.15) is 34.6 Å². The molecule has 0 rings (SSSR count). The minimum absolute atomic E-state index is 0.314. The number of hydrogen-bond donors (Lipinski definition) is 0. The van der Waals surface area contributed by atoms with Gasteiger partial charge in [-0.2, -0.15) is 0 Å². The van der Waals surface area contributed by atoms with E-state index in [-0.39, 0.29) is 5.41 Å². The number of likely N-dealkylation sites (N-methyl/N-ethyl adjacent to an activating group) is 1. The van der Waals surface area contributed by atoms with Gasteiger partial charge in [0, 0.05) is 26.4 Å². The highest BCUT2D eigenvalue weighted by Gasteiger charge is 2.24. The first-order valence-corrected chi connectivity index (χ1v) is 9.40. The van der Waals surface area contributed by atoms with Gasteiger partial charge in [-0.05, 0) is 39.9 Å². The van der Waals surface area contributed by atoms with Crippen LogP contribution in [0, 0.1) is 0 Å². The SMILES string of the molecule is CCOC(C)(OCC)[SiH2]CCOCCN(CC)CC. The highest BCUT2D eigenvalue weighted by atomic mass is 28.2. The maximum Gasteiger partial charge on any atom is 0.142 e. The summed E-state index contributed by atoms with van der Waals surface area (Å²) in [7, 11) is -0.434. The van der Waals surface area contributed by atoms with Crippen LogP contribution in [-0.2, 0) is 14.2 Å². The van der Waals surface area contributed by atoms with Gasteiger partial charge in [0.15, 0.2) is 0 Å². The minimum Gasteiger partial charge on any atom is -0.380 e. The molecule has 0 atom stereocenters. The fourth-order valence-corrected chi connectivity index (χ4v) is 3.82. The standard InChI is InChI=1S/C14H33NO3Si/c1-6-15(7-2)10-11-16-12-13-19-14(5,17-8-3)18-9-4/h6-13,19H2,1-5H3. The van der Waals surface area contributed by atoms with Crippen molar-refractivity contribution >= 4 is 9.52 Å². The van der Waals surface area contributed by atoms with Crippen molar-refractivity contribution in [3.63, 3.8) is 0 Å². The molecule has 0 N–H and O–H groups in total. The van der Waals surface area contributed by atoms with Crippen LogP contribution in [0.15, 0.2) is 0 Å². The van der Waals surface area contributed by atoms with Crippen molar-refractivity contribution in [1.29, 1.82) is 0 Å². The van der Waals surface area contributed by atoms with Crippen molar-refractivity contribution in [3.05, 3.63) is 0 Å². The first kappa shape index (κ1) is 19.1. The molecular formula is C14H33NO3Si. The number of ether oxygens (including phenoxy) is 3. The van der Waals surface area contributed by atoms with E-state index < -0.39 is 9.52 Å². The van der Waals surface area contributed by atoms with Gasteiger partial charge in [0.25, 0.3) is 0 Å². The van der Waals surface area contributed by atoms with E-state index in [0.717, 1.165) is 38.9 Å². The minimum atomic E-state index is -0.434. The second kappa shape index (κ2) is 11.8. The van der Waals surface area contributed by atoms with E-state index in [2.05, 4.69) is 25.7 Å². The molecule has 0 unspecified atom stereocenters. The Balaban J connectivity index is 3.65. The highest BCUT2D eigenvalue weighted by molar-refractivity contribution is 6.38. The average Bonchev–Trinajstić information content (AvgIpc) is 2.38. The van der Waals surface area contributed by atoms with Crippen molar-refractivity contribution < 1.29 is 14.2 Å². The van der Waals surface area contributed by atoms with Crippen molar-refractivity contribution in [2.24, 2.45) is 0 Å². The summed E-state index contributed by atoms with van der Waals surface area (Å²) in [6.07, 6.45) is 0. The lowest BCUT2D eigenvalue weighted by Crippen LogP contribution is -2.39. The average molecular weight is 292 g/mol. The molecule has 0 amide bonds. The summed E-state index contributed by atoms with van der Waals surface area (Å²) >= 11 is 0. The summed E-state index contributed by atoms with van der Waals surface area (Å²) in [4.78, 5) is 2.38. The Bertz CT molecular complexity index is 195. The molecule has 0 bridgehead atoms. The maximum atomic E-state index is 5.73. The molecule has 19 heavy (non-hydrogen) atoms. The third-order valence-corrected chi connectivity index (χ3v) is 5.22.